The van der Waals surface area contributed by atoms with Gasteiger partial charge in [-0.1, -0.05) is 17.3 Å². The van der Waals surface area contributed by atoms with Crippen LogP contribution < -0.4 is 5.32 Å². The van der Waals surface area contributed by atoms with Crippen molar-refractivity contribution >= 4 is 5.69 Å². The molecule has 0 aromatic heterocycles. The van der Waals surface area contributed by atoms with Gasteiger partial charge in [-0.15, -0.1) is 0 Å². The van der Waals surface area contributed by atoms with E-state index in [9.17, 15) is 4.91 Å². The number of nitroso groups, excluding NO2 is 1. The summed E-state index contributed by atoms with van der Waals surface area (Å²) in [5.74, 6) is 0. The molecule has 14 heavy (non-hydrogen) atoms. The van der Waals surface area contributed by atoms with Gasteiger partial charge in [0.1, 0.15) is 6.54 Å². The van der Waals surface area contributed by atoms with Gasteiger partial charge in [-0.3, -0.25) is 0 Å². The summed E-state index contributed by atoms with van der Waals surface area (Å²) in [6.07, 6.45) is 2.33. The third-order valence-corrected chi connectivity index (χ3v) is 2.82. The van der Waals surface area contributed by atoms with Crippen LogP contribution >= 0.6 is 0 Å². The first-order valence-electron chi connectivity index (χ1n) is 4.97. The molecule has 0 bridgehead atoms. The van der Waals surface area contributed by atoms with Crippen LogP contribution in [0.15, 0.2) is 17.3 Å². The Labute approximate surface area is 83.5 Å². The summed E-state index contributed by atoms with van der Waals surface area (Å²) in [6, 6.07) is 4.12. The minimum atomic E-state index is 0.279. The molecule has 0 unspecified atom stereocenters. The Morgan fingerprint density at radius 2 is 2.36 bits per heavy atom. The third kappa shape index (κ3) is 1.50. The van der Waals surface area contributed by atoms with Crippen molar-refractivity contribution < 1.29 is 0 Å². The van der Waals surface area contributed by atoms with E-state index in [2.05, 4.69) is 23.5 Å². The van der Waals surface area contributed by atoms with Crippen LogP contribution in [0.2, 0.25) is 0 Å². The summed E-state index contributed by atoms with van der Waals surface area (Å²) in [4.78, 5) is 10.2. The molecule has 0 atom stereocenters. The lowest BCUT2D eigenvalue weighted by Gasteiger charge is -2.21. The summed E-state index contributed by atoms with van der Waals surface area (Å²) < 4.78 is 0. The average molecular weight is 190 g/mol. The number of hydrogen-bond acceptors (Lipinski definition) is 3. The van der Waals surface area contributed by atoms with E-state index in [4.69, 9.17) is 0 Å². The number of nitrogens with one attached hydrogen (secondary N) is 1. The molecule has 0 saturated carbocycles. The van der Waals surface area contributed by atoms with Crippen molar-refractivity contribution in [3.05, 3.63) is 33.7 Å². The minimum absolute atomic E-state index is 0.279. The molecule has 1 N–H and O–H groups in total. The van der Waals surface area contributed by atoms with Crippen molar-refractivity contribution in [2.45, 2.75) is 26.3 Å². The molecule has 1 aromatic rings. The Bertz CT molecular complexity index is 361. The standard InChI is InChI=1S/C11H14N2O/c1-8-10(7-13-14)5-4-9-3-2-6-12-11(8)9/h4-5,12H,2-3,6-7H2,1H3. The molecule has 1 aliphatic rings. The maximum absolute atomic E-state index is 10.2. The molecule has 0 amide bonds. The fourth-order valence-electron chi connectivity index (χ4n) is 2.00. The number of rotatable bonds is 2. The minimum Gasteiger partial charge on any atom is -0.385 e. The van der Waals surface area contributed by atoms with Crippen molar-refractivity contribution in [1.29, 1.82) is 0 Å². The van der Waals surface area contributed by atoms with Gasteiger partial charge < -0.3 is 5.32 Å². The summed E-state index contributed by atoms with van der Waals surface area (Å²) in [5.41, 5.74) is 4.80. The van der Waals surface area contributed by atoms with Crippen LogP contribution in [0.1, 0.15) is 23.1 Å². The molecule has 0 aliphatic carbocycles. The van der Waals surface area contributed by atoms with Gasteiger partial charge in [0.05, 0.1) is 0 Å². The number of anilines is 1. The fraction of sp³-hybridized carbons (Fsp3) is 0.455. The van der Waals surface area contributed by atoms with Crippen LogP contribution in [0.3, 0.4) is 0 Å². The molecule has 0 spiro atoms. The monoisotopic (exact) mass is 190 g/mol. The Hall–Kier alpha value is -1.38. The van der Waals surface area contributed by atoms with E-state index in [0.717, 1.165) is 18.5 Å². The van der Waals surface area contributed by atoms with Crippen LogP contribution in [-0.4, -0.2) is 6.54 Å². The second-order valence-electron chi connectivity index (χ2n) is 3.70. The molecule has 3 heteroatoms. The first kappa shape index (κ1) is 9.19. The van der Waals surface area contributed by atoms with Gasteiger partial charge in [-0.2, -0.15) is 4.91 Å². The highest BCUT2D eigenvalue weighted by Crippen LogP contribution is 2.28. The molecule has 0 fully saturated rings. The smallest absolute Gasteiger partial charge is 0.106 e. The molecule has 2 rings (SSSR count). The number of hydrogen-bond donors (Lipinski definition) is 1. The van der Waals surface area contributed by atoms with Crippen molar-refractivity contribution in [3.63, 3.8) is 0 Å². The Morgan fingerprint density at radius 1 is 1.50 bits per heavy atom. The Morgan fingerprint density at radius 3 is 3.14 bits per heavy atom. The summed E-state index contributed by atoms with van der Waals surface area (Å²) in [6.45, 7) is 3.37. The molecule has 1 heterocycles. The van der Waals surface area contributed by atoms with E-state index in [1.165, 1.54) is 23.2 Å². The van der Waals surface area contributed by atoms with E-state index in [1.54, 1.807) is 0 Å². The lowest BCUT2D eigenvalue weighted by molar-refractivity contribution is 0.824. The highest BCUT2D eigenvalue weighted by molar-refractivity contribution is 5.61. The second-order valence-corrected chi connectivity index (χ2v) is 3.70. The summed E-state index contributed by atoms with van der Waals surface area (Å²) in [5, 5.41) is 6.32. The van der Waals surface area contributed by atoms with Gasteiger partial charge in [0.15, 0.2) is 0 Å². The number of nitrogens with zero attached hydrogens (tertiary/aromatic N) is 1. The molecule has 1 aliphatic heterocycles. The Balaban J connectivity index is 2.43. The third-order valence-electron chi connectivity index (χ3n) is 2.82. The van der Waals surface area contributed by atoms with Crippen molar-refractivity contribution in [3.8, 4) is 0 Å². The van der Waals surface area contributed by atoms with E-state index in [1.807, 2.05) is 6.07 Å². The van der Waals surface area contributed by atoms with Crippen LogP contribution in [-0.2, 0) is 13.0 Å². The lowest BCUT2D eigenvalue weighted by atomic mass is 9.96. The lowest BCUT2D eigenvalue weighted by Crippen LogP contribution is -2.13. The number of aryl methyl sites for hydroxylation is 1. The van der Waals surface area contributed by atoms with Crippen molar-refractivity contribution in [2.75, 3.05) is 11.9 Å². The zero-order valence-corrected chi connectivity index (χ0v) is 8.34. The van der Waals surface area contributed by atoms with Gasteiger partial charge in [-0.25, -0.2) is 0 Å². The van der Waals surface area contributed by atoms with E-state index >= 15 is 0 Å². The largest absolute Gasteiger partial charge is 0.385 e. The van der Waals surface area contributed by atoms with E-state index in [0.29, 0.717) is 0 Å². The topological polar surface area (TPSA) is 41.5 Å². The van der Waals surface area contributed by atoms with Gasteiger partial charge in [0.2, 0.25) is 0 Å². The molecule has 1 aromatic carbocycles. The molecular weight excluding hydrogens is 176 g/mol. The Kier molecular flexibility index (Phi) is 2.48. The van der Waals surface area contributed by atoms with Gasteiger partial charge >= 0.3 is 0 Å². The van der Waals surface area contributed by atoms with Gasteiger partial charge in [-0.05, 0) is 36.5 Å². The molecule has 0 saturated heterocycles. The normalized spacial score (nSPS) is 14.4. The first-order valence-corrected chi connectivity index (χ1v) is 4.97. The predicted molar refractivity (Wildman–Crippen MR) is 57.5 cm³/mol. The van der Waals surface area contributed by atoms with E-state index < -0.39 is 0 Å². The fourth-order valence-corrected chi connectivity index (χ4v) is 2.00. The first-order chi connectivity index (χ1) is 6.83. The zero-order valence-electron chi connectivity index (χ0n) is 8.34. The zero-order chi connectivity index (χ0) is 9.97. The highest BCUT2D eigenvalue weighted by Gasteiger charge is 2.12. The SMILES string of the molecule is Cc1c(CN=O)ccc2c1NCCC2. The van der Waals surface area contributed by atoms with Gasteiger partial charge in [0, 0.05) is 12.2 Å². The van der Waals surface area contributed by atoms with E-state index in [-0.39, 0.29) is 6.54 Å². The van der Waals surface area contributed by atoms with Crippen LogP contribution in [0, 0.1) is 11.8 Å². The summed E-state index contributed by atoms with van der Waals surface area (Å²) >= 11 is 0. The number of benzene rings is 1. The highest BCUT2D eigenvalue weighted by atomic mass is 16.3. The molecular formula is C11H14N2O. The molecule has 0 radical (unpaired) electrons. The maximum atomic E-state index is 10.2. The van der Waals surface area contributed by atoms with Crippen molar-refractivity contribution in [1.82, 2.24) is 0 Å². The van der Waals surface area contributed by atoms with Crippen molar-refractivity contribution in [2.24, 2.45) is 5.18 Å². The van der Waals surface area contributed by atoms with Crippen LogP contribution in [0.5, 0.6) is 0 Å². The quantitative estimate of drug-likeness (QED) is 0.728. The molecule has 74 valence electrons. The molecule has 3 nitrogen and oxygen atoms in total. The predicted octanol–water partition coefficient (Wildman–Crippen LogP) is 2.62. The van der Waals surface area contributed by atoms with Gasteiger partial charge in [0.25, 0.3) is 0 Å². The number of fused-ring (bicyclic) bond motifs is 1. The van der Waals surface area contributed by atoms with Crippen LogP contribution in [0.4, 0.5) is 5.69 Å². The maximum Gasteiger partial charge on any atom is 0.106 e. The van der Waals surface area contributed by atoms with Crippen LogP contribution in [0.25, 0.3) is 0 Å². The second kappa shape index (κ2) is 3.78. The summed E-state index contributed by atoms with van der Waals surface area (Å²) in [7, 11) is 0. The average Bonchev–Trinajstić information content (AvgIpc) is 2.23.